The van der Waals surface area contributed by atoms with Crippen LogP contribution in [-0.4, -0.2) is 6.61 Å². The predicted octanol–water partition coefficient (Wildman–Crippen LogP) is 4.79. The highest BCUT2D eigenvalue weighted by atomic mass is 16.5. The summed E-state index contributed by atoms with van der Waals surface area (Å²) in [7, 11) is 0. The zero-order valence-electron chi connectivity index (χ0n) is 13.1. The zero-order chi connectivity index (χ0) is 16.8. The highest BCUT2D eigenvalue weighted by Crippen LogP contribution is 2.26. The Hall–Kier alpha value is -3.30. The van der Waals surface area contributed by atoms with Gasteiger partial charge in [-0.3, -0.25) is 0 Å². The molecule has 0 radical (unpaired) electrons. The van der Waals surface area contributed by atoms with Gasteiger partial charge in [0.1, 0.15) is 5.75 Å². The topological polar surface area (TPSA) is 56.8 Å². The van der Waals surface area contributed by atoms with Crippen molar-refractivity contribution < 1.29 is 4.74 Å². The summed E-state index contributed by atoms with van der Waals surface area (Å²) < 4.78 is 5.91. The molecule has 0 aliphatic heterocycles. The van der Waals surface area contributed by atoms with Crippen LogP contribution in [0.5, 0.6) is 5.75 Å². The number of ether oxygens (including phenoxy) is 1. The first-order chi connectivity index (χ1) is 11.8. The summed E-state index contributed by atoms with van der Waals surface area (Å²) in [6, 6.07) is 25.6. The molecule has 116 valence electrons. The average molecular weight is 312 g/mol. The minimum absolute atomic E-state index is 0.284. The maximum absolute atomic E-state index is 9.42. The van der Waals surface area contributed by atoms with Gasteiger partial charge in [0, 0.05) is 11.8 Å². The third kappa shape index (κ3) is 3.37. The average Bonchev–Trinajstić information content (AvgIpc) is 2.65. The van der Waals surface area contributed by atoms with E-state index >= 15 is 0 Å². The Kier molecular flexibility index (Phi) is 4.75. The van der Waals surface area contributed by atoms with E-state index in [2.05, 4.69) is 12.1 Å². The quantitative estimate of drug-likeness (QED) is 0.680. The van der Waals surface area contributed by atoms with Gasteiger partial charge in [-0.2, -0.15) is 10.5 Å². The largest absolute Gasteiger partial charge is 0.493 e. The normalized spacial score (nSPS) is 11.4. The van der Waals surface area contributed by atoms with Crippen molar-refractivity contribution in [2.75, 3.05) is 6.61 Å². The van der Waals surface area contributed by atoms with Crippen molar-refractivity contribution in [3.63, 3.8) is 0 Å². The molecular formula is C21H16N2O. The van der Waals surface area contributed by atoms with Crippen LogP contribution < -0.4 is 4.74 Å². The van der Waals surface area contributed by atoms with E-state index in [1.165, 1.54) is 0 Å². The van der Waals surface area contributed by atoms with E-state index in [1.807, 2.05) is 54.6 Å². The van der Waals surface area contributed by atoms with Crippen LogP contribution in [0.25, 0.3) is 10.8 Å². The van der Waals surface area contributed by atoms with Gasteiger partial charge in [-0.1, -0.05) is 48.5 Å². The first-order valence-corrected chi connectivity index (χ1v) is 7.82. The molecule has 0 aliphatic rings. The molecule has 0 heterocycles. The fourth-order valence-electron chi connectivity index (χ4n) is 2.74. The molecule has 3 nitrogen and oxygen atoms in total. The Bertz CT molecular complexity index is 929. The summed E-state index contributed by atoms with van der Waals surface area (Å²) >= 11 is 0. The highest BCUT2D eigenvalue weighted by Gasteiger charge is 2.12. The second-order valence-electron chi connectivity index (χ2n) is 5.53. The third-order valence-corrected chi connectivity index (χ3v) is 3.99. The Labute approximate surface area is 141 Å². The van der Waals surface area contributed by atoms with Gasteiger partial charge in [-0.05, 0) is 29.1 Å². The lowest BCUT2D eigenvalue weighted by Gasteiger charge is -2.12. The Morgan fingerprint density at radius 3 is 2.54 bits per heavy atom. The van der Waals surface area contributed by atoms with Crippen molar-refractivity contribution in [2.24, 2.45) is 0 Å². The molecule has 0 aliphatic carbocycles. The summed E-state index contributed by atoms with van der Waals surface area (Å²) in [6.45, 7) is 0.447. The van der Waals surface area contributed by atoms with Gasteiger partial charge in [0.05, 0.1) is 30.2 Å². The molecule has 0 saturated heterocycles. The number of fused-ring (bicyclic) bond motifs is 1. The summed E-state index contributed by atoms with van der Waals surface area (Å²) in [6.07, 6.45) is 0.578. The zero-order valence-corrected chi connectivity index (χ0v) is 13.1. The van der Waals surface area contributed by atoms with Crippen LogP contribution in [0.2, 0.25) is 0 Å². The van der Waals surface area contributed by atoms with Crippen molar-refractivity contribution in [1.29, 1.82) is 10.5 Å². The Morgan fingerprint density at radius 2 is 1.71 bits per heavy atom. The molecule has 0 saturated carbocycles. The van der Waals surface area contributed by atoms with Gasteiger partial charge in [0.15, 0.2) is 0 Å². The molecule has 3 aromatic carbocycles. The number of nitrogens with zero attached hydrogens (tertiary/aromatic N) is 2. The first kappa shape index (κ1) is 15.6. The molecule has 0 amide bonds. The molecule has 24 heavy (non-hydrogen) atoms. The number of benzene rings is 3. The molecular weight excluding hydrogens is 296 g/mol. The molecule has 1 atom stereocenters. The summed E-state index contributed by atoms with van der Waals surface area (Å²) in [5.41, 5.74) is 1.43. The summed E-state index contributed by atoms with van der Waals surface area (Å²) in [5, 5.41) is 20.6. The Balaban J connectivity index is 1.70. The molecule has 3 rings (SSSR count). The maximum Gasteiger partial charge on any atom is 0.127 e. The lowest BCUT2D eigenvalue weighted by atomic mass is 9.96. The maximum atomic E-state index is 9.42. The van der Waals surface area contributed by atoms with Gasteiger partial charge in [-0.25, -0.2) is 0 Å². The fourth-order valence-corrected chi connectivity index (χ4v) is 2.74. The van der Waals surface area contributed by atoms with E-state index in [1.54, 1.807) is 12.1 Å². The summed E-state index contributed by atoms with van der Waals surface area (Å²) in [4.78, 5) is 0. The van der Waals surface area contributed by atoms with E-state index in [4.69, 9.17) is 10.00 Å². The van der Waals surface area contributed by atoms with E-state index in [0.717, 1.165) is 22.1 Å². The van der Waals surface area contributed by atoms with Gasteiger partial charge in [0.25, 0.3) is 0 Å². The van der Waals surface area contributed by atoms with Crippen molar-refractivity contribution in [1.82, 2.24) is 0 Å². The third-order valence-electron chi connectivity index (χ3n) is 3.99. The number of hydrogen-bond acceptors (Lipinski definition) is 3. The molecule has 0 aromatic heterocycles. The molecule has 0 fully saturated rings. The monoisotopic (exact) mass is 312 g/mol. The second-order valence-corrected chi connectivity index (χ2v) is 5.53. The smallest absolute Gasteiger partial charge is 0.127 e. The van der Waals surface area contributed by atoms with Gasteiger partial charge in [-0.15, -0.1) is 0 Å². The van der Waals surface area contributed by atoms with Crippen molar-refractivity contribution in [3.05, 3.63) is 77.9 Å². The predicted molar refractivity (Wildman–Crippen MR) is 93.6 cm³/mol. The van der Waals surface area contributed by atoms with Crippen molar-refractivity contribution in [2.45, 2.75) is 12.3 Å². The molecule has 3 aromatic rings. The molecule has 1 unspecified atom stereocenters. The van der Waals surface area contributed by atoms with Crippen LogP contribution in [0.3, 0.4) is 0 Å². The number of hydrogen-bond donors (Lipinski definition) is 0. The van der Waals surface area contributed by atoms with Gasteiger partial charge in [0.2, 0.25) is 0 Å². The molecule has 3 heteroatoms. The first-order valence-electron chi connectivity index (χ1n) is 7.82. The van der Waals surface area contributed by atoms with E-state index in [9.17, 15) is 5.26 Å². The van der Waals surface area contributed by atoms with Crippen LogP contribution >= 0.6 is 0 Å². The van der Waals surface area contributed by atoms with E-state index in [0.29, 0.717) is 18.6 Å². The SMILES string of the molecule is N#Cc1cccc(C(C#N)CCOc2cccc3ccccc23)c1. The van der Waals surface area contributed by atoms with Gasteiger partial charge >= 0.3 is 0 Å². The summed E-state index contributed by atoms with van der Waals surface area (Å²) in [5.74, 6) is 0.545. The Morgan fingerprint density at radius 1 is 0.917 bits per heavy atom. The van der Waals surface area contributed by atoms with Crippen LogP contribution in [0.15, 0.2) is 66.7 Å². The number of nitriles is 2. The van der Waals surface area contributed by atoms with Crippen LogP contribution in [0.1, 0.15) is 23.5 Å². The fraction of sp³-hybridized carbons (Fsp3) is 0.143. The minimum atomic E-state index is -0.284. The minimum Gasteiger partial charge on any atom is -0.493 e. The van der Waals surface area contributed by atoms with Crippen molar-refractivity contribution >= 4 is 10.8 Å². The van der Waals surface area contributed by atoms with Gasteiger partial charge < -0.3 is 4.74 Å². The lowest BCUT2D eigenvalue weighted by molar-refractivity contribution is 0.309. The van der Waals surface area contributed by atoms with Crippen LogP contribution in [0, 0.1) is 22.7 Å². The molecule has 0 bridgehead atoms. The van der Waals surface area contributed by atoms with E-state index in [-0.39, 0.29) is 5.92 Å². The van der Waals surface area contributed by atoms with E-state index < -0.39 is 0 Å². The number of rotatable bonds is 5. The standard InChI is InChI=1S/C21H16N2O/c22-14-16-5-3-8-18(13-16)19(15-23)11-12-24-21-10-4-7-17-6-1-2-9-20(17)21/h1-10,13,19H,11-12H2. The van der Waals surface area contributed by atoms with Crippen molar-refractivity contribution in [3.8, 4) is 17.9 Å². The second kappa shape index (κ2) is 7.31. The van der Waals surface area contributed by atoms with Crippen LogP contribution in [-0.2, 0) is 0 Å². The molecule has 0 spiro atoms. The lowest BCUT2D eigenvalue weighted by Crippen LogP contribution is -2.05. The highest BCUT2D eigenvalue weighted by molar-refractivity contribution is 5.88. The van der Waals surface area contributed by atoms with Crippen LogP contribution in [0.4, 0.5) is 0 Å². The molecule has 0 N–H and O–H groups in total.